The minimum atomic E-state index is -0.288. The number of nitrogens with zero attached hydrogens (tertiary/aromatic N) is 2. The highest BCUT2D eigenvalue weighted by Crippen LogP contribution is 2.31. The van der Waals surface area contributed by atoms with Crippen LogP contribution in [0.15, 0.2) is 53.6 Å². The highest BCUT2D eigenvalue weighted by molar-refractivity contribution is 8.00. The van der Waals surface area contributed by atoms with Gasteiger partial charge in [0.15, 0.2) is 0 Å². The Morgan fingerprint density at radius 3 is 2.41 bits per heavy atom. The summed E-state index contributed by atoms with van der Waals surface area (Å²) < 4.78 is 13.2. The van der Waals surface area contributed by atoms with Gasteiger partial charge < -0.3 is 5.32 Å². The average Bonchev–Trinajstić information content (AvgIpc) is 2.66. The molecule has 0 fully saturated rings. The van der Waals surface area contributed by atoms with Crippen molar-refractivity contribution in [2.45, 2.75) is 37.8 Å². The molecule has 0 bridgehead atoms. The predicted molar refractivity (Wildman–Crippen MR) is 108 cm³/mol. The summed E-state index contributed by atoms with van der Waals surface area (Å²) in [5.41, 5.74) is 1.28. The molecule has 1 amide bonds. The van der Waals surface area contributed by atoms with E-state index in [0.717, 1.165) is 22.8 Å². The molecule has 0 aliphatic carbocycles. The van der Waals surface area contributed by atoms with Gasteiger partial charge >= 0.3 is 0 Å². The Morgan fingerprint density at radius 1 is 1.07 bits per heavy atom. The van der Waals surface area contributed by atoms with Gasteiger partial charge in [0, 0.05) is 21.9 Å². The van der Waals surface area contributed by atoms with Gasteiger partial charge in [0.05, 0.1) is 5.75 Å². The van der Waals surface area contributed by atoms with E-state index < -0.39 is 0 Å². The molecule has 6 heteroatoms. The van der Waals surface area contributed by atoms with Crippen LogP contribution in [0.1, 0.15) is 27.2 Å². The maximum atomic E-state index is 13.2. The Labute approximate surface area is 162 Å². The minimum absolute atomic E-state index is 0.0275. The normalized spacial score (nSPS) is 11.6. The predicted octanol–water partition coefficient (Wildman–Crippen LogP) is 4.83. The molecule has 1 heterocycles. The van der Waals surface area contributed by atoms with Crippen molar-refractivity contribution in [3.8, 4) is 11.3 Å². The number of hydrogen-bond acceptors (Lipinski definition) is 4. The van der Waals surface area contributed by atoms with Gasteiger partial charge in [-0.25, -0.2) is 4.39 Å². The van der Waals surface area contributed by atoms with E-state index in [1.807, 2.05) is 45.0 Å². The van der Waals surface area contributed by atoms with Crippen molar-refractivity contribution in [3.63, 3.8) is 0 Å². The summed E-state index contributed by atoms with van der Waals surface area (Å²) in [4.78, 5) is 12.2. The second-order valence-corrected chi connectivity index (χ2v) is 7.94. The Balaban J connectivity index is 1.87. The summed E-state index contributed by atoms with van der Waals surface area (Å²) in [6.07, 6.45) is 0.860. The zero-order valence-electron chi connectivity index (χ0n) is 15.6. The first-order chi connectivity index (χ1) is 12.9. The lowest BCUT2D eigenvalue weighted by molar-refractivity contribution is -0.120. The lowest BCUT2D eigenvalue weighted by atomic mass is 10.0. The van der Waals surface area contributed by atoms with E-state index in [9.17, 15) is 9.18 Å². The molecule has 140 valence electrons. The summed E-state index contributed by atoms with van der Waals surface area (Å²) in [6.45, 7) is 6.05. The van der Waals surface area contributed by atoms with E-state index in [-0.39, 0.29) is 23.0 Å². The van der Waals surface area contributed by atoms with E-state index in [1.165, 1.54) is 23.9 Å². The van der Waals surface area contributed by atoms with Crippen LogP contribution in [-0.4, -0.2) is 27.4 Å². The van der Waals surface area contributed by atoms with E-state index >= 15 is 0 Å². The Bertz CT molecular complexity index is 957. The summed E-state index contributed by atoms with van der Waals surface area (Å²) in [7, 11) is 0. The minimum Gasteiger partial charge on any atom is -0.351 e. The van der Waals surface area contributed by atoms with Crippen molar-refractivity contribution >= 4 is 28.4 Å². The molecule has 1 N–H and O–H groups in total. The molecule has 1 aromatic heterocycles. The third-order valence-corrected chi connectivity index (χ3v) is 5.45. The van der Waals surface area contributed by atoms with Gasteiger partial charge in [0.2, 0.25) is 5.91 Å². The summed E-state index contributed by atoms with van der Waals surface area (Å²) in [5.74, 6) is -0.0394. The molecular weight excluding hydrogens is 361 g/mol. The first kappa shape index (κ1) is 19.3. The third kappa shape index (κ3) is 4.63. The van der Waals surface area contributed by atoms with Crippen LogP contribution < -0.4 is 5.32 Å². The zero-order valence-corrected chi connectivity index (χ0v) is 16.4. The van der Waals surface area contributed by atoms with Crippen LogP contribution >= 0.6 is 11.8 Å². The van der Waals surface area contributed by atoms with Gasteiger partial charge in [-0.2, -0.15) is 0 Å². The van der Waals surface area contributed by atoms with Crippen molar-refractivity contribution in [3.05, 3.63) is 54.3 Å². The number of rotatable bonds is 6. The third-order valence-electron chi connectivity index (χ3n) is 4.47. The van der Waals surface area contributed by atoms with Crippen molar-refractivity contribution in [2.75, 3.05) is 5.75 Å². The van der Waals surface area contributed by atoms with Crippen LogP contribution in [0, 0.1) is 5.82 Å². The molecule has 2 aromatic carbocycles. The molecule has 4 nitrogen and oxygen atoms in total. The smallest absolute Gasteiger partial charge is 0.230 e. The van der Waals surface area contributed by atoms with Gasteiger partial charge in [0.1, 0.15) is 16.5 Å². The summed E-state index contributed by atoms with van der Waals surface area (Å²) in [6, 6.07) is 14.0. The van der Waals surface area contributed by atoms with Crippen LogP contribution in [-0.2, 0) is 4.79 Å². The topological polar surface area (TPSA) is 54.9 Å². The fourth-order valence-corrected chi connectivity index (χ4v) is 3.41. The number of thioether (sulfide) groups is 1. The second-order valence-electron chi connectivity index (χ2n) is 6.98. The lowest BCUT2D eigenvalue weighted by Gasteiger charge is -2.24. The van der Waals surface area contributed by atoms with E-state index in [2.05, 4.69) is 15.5 Å². The van der Waals surface area contributed by atoms with Crippen molar-refractivity contribution in [1.29, 1.82) is 0 Å². The monoisotopic (exact) mass is 383 g/mol. The molecule has 0 atom stereocenters. The zero-order chi connectivity index (χ0) is 19.4. The van der Waals surface area contributed by atoms with Crippen LogP contribution in [0.2, 0.25) is 0 Å². The average molecular weight is 383 g/mol. The number of benzene rings is 2. The number of fused-ring (bicyclic) bond motifs is 1. The highest BCUT2D eigenvalue weighted by Gasteiger charge is 2.18. The van der Waals surface area contributed by atoms with E-state index in [1.54, 1.807) is 12.1 Å². The number of carbonyl (C=O) groups is 1. The van der Waals surface area contributed by atoms with E-state index in [4.69, 9.17) is 0 Å². The summed E-state index contributed by atoms with van der Waals surface area (Å²) >= 11 is 1.37. The standard InChI is InChI=1S/C21H22FN3OS/c1-4-21(2,3)23-18(26)13-27-20-17-8-6-5-7-16(17)19(24-25-20)14-9-11-15(22)12-10-14/h5-12H,4,13H2,1-3H3,(H,23,26). The molecule has 0 aliphatic heterocycles. The molecule has 3 rings (SSSR count). The molecule has 0 saturated carbocycles. The lowest BCUT2D eigenvalue weighted by Crippen LogP contribution is -2.43. The molecule has 0 unspecified atom stereocenters. The Kier molecular flexibility index (Phi) is 5.75. The first-order valence-electron chi connectivity index (χ1n) is 8.85. The maximum Gasteiger partial charge on any atom is 0.230 e. The van der Waals surface area contributed by atoms with Gasteiger partial charge in [0.25, 0.3) is 0 Å². The van der Waals surface area contributed by atoms with E-state index in [0.29, 0.717) is 10.7 Å². The van der Waals surface area contributed by atoms with Gasteiger partial charge in [-0.1, -0.05) is 43.0 Å². The Hall–Kier alpha value is -2.47. The van der Waals surface area contributed by atoms with Crippen LogP contribution in [0.4, 0.5) is 4.39 Å². The SMILES string of the molecule is CCC(C)(C)NC(=O)CSc1nnc(-c2ccc(F)cc2)c2ccccc12. The number of nitrogens with one attached hydrogen (secondary N) is 1. The highest BCUT2D eigenvalue weighted by atomic mass is 32.2. The van der Waals surface area contributed by atoms with Crippen molar-refractivity contribution < 1.29 is 9.18 Å². The van der Waals surface area contributed by atoms with Crippen LogP contribution in [0.5, 0.6) is 0 Å². The number of halogens is 1. The molecule has 3 aromatic rings. The fraction of sp³-hybridized carbons (Fsp3) is 0.286. The first-order valence-corrected chi connectivity index (χ1v) is 9.83. The fourth-order valence-electron chi connectivity index (χ4n) is 2.64. The molecule has 0 spiro atoms. The Morgan fingerprint density at radius 2 is 1.74 bits per heavy atom. The number of aromatic nitrogens is 2. The number of hydrogen-bond donors (Lipinski definition) is 1. The van der Waals surface area contributed by atoms with Gasteiger partial charge in [-0.3, -0.25) is 4.79 Å². The summed E-state index contributed by atoms with van der Waals surface area (Å²) in [5, 5.41) is 14.3. The van der Waals surface area contributed by atoms with Gasteiger partial charge in [-0.15, -0.1) is 10.2 Å². The molecule has 0 aliphatic rings. The van der Waals surface area contributed by atoms with Crippen molar-refractivity contribution in [2.24, 2.45) is 0 Å². The number of carbonyl (C=O) groups excluding carboxylic acids is 1. The van der Waals surface area contributed by atoms with Gasteiger partial charge in [-0.05, 0) is 44.5 Å². The second kappa shape index (κ2) is 8.05. The molecule has 0 radical (unpaired) electrons. The maximum absolute atomic E-state index is 13.2. The quantitative estimate of drug-likeness (QED) is 0.619. The molecular formula is C21H22FN3OS. The molecule has 0 saturated heterocycles. The van der Waals surface area contributed by atoms with Crippen LogP contribution in [0.25, 0.3) is 22.0 Å². The van der Waals surface area contributed by atoms with Crippen LogP contribution in [0.3, 0.4) is 0 Å². The van der Waals surface area contributed by atoms with Crippen molar-refractivity contribution in [1.82, 2.24) is 15.5 Å². The molecule has 27 heavy (non-hydrogen) atoms. The largest absolute Gasteiger partial charge is 0.351 e. The number of amides is 1.